The summed E-state index contributed by atoms with van der Waals surface area (Å²) < 4.78 is 16.9. The fourth-order valence-corrected chi connectivity index (χ4v) is 3.18. The van der Waals surface area contributed by atoms with E-state index in [4.69, 9.17) is 14.2 Å². The zero-order valence-corrected chi connectivity index (χ0v) is 18.2. The number of esters is 1. The van der Waals surface area contributed by atoms with Crippen LogP contribution < -0.4 is 20.3 Å². The van der Waals surface area contributed by atoms with E-state index < -0.39 is 5.97 Å². The second-order valence-electron chi connectivity index (χ2n) is 6.92. The molecule has 1 aromatic heterocycles. The van der Waals surface area contributed by atoms with Crippen LogP contribution in [0.5, 0.6) is 11.5 Å². The first kappa shape index (κ1) is 22.8. The van der Waals surface area contributed by atoms with E-state index in [1.807, 2.05) is 0 Å². The average Bonchev–Trinajstić information content (AvgIpc) is 2.80. The molecule has 1 amide bonds. The monoisotopic (exact) mass is 439 g/mol. The zero-order valence-electron chi connectivity index (χ0n) is 18.2. The number of carbonyl (C=O) groups excluding carboxylic acids is 2. The molecule has 0 radical (unpaired) electrons. The number of anilines is 1. The Bertz CT molecular complexity index is 1170. The van der Waals surface area contributed by atoms with E-state index in [1.165, 1.54) is 25.1 Å². The first-order chi connectivity index (χ1) is 15.5. The Balaban J connectivity index is 1.60. The molecule has 0 aliphatic carbocycles. The lowest BCUT2D eigenvalue weighted by molar-refractivity contribution is -0.116. The minimum Gasteiger partial charge on any atom is -0.493 e. The van der Waals surface area contributed by atoms with Gasteiger partial charge >= 0.3 is 5.97 Å². The highest BCUT2D eigenvalue weighted by molar-refractivity contribution is 5.93. The van der Waals surface area contributed by atoms with Gasteiger partial charge in [0.15, 0.2) is 11.5 Å². The van der Waals surface area contributed by atoms with Gasteiger partial charge in [-0.05, 0) is 43.7 Å². The van der Waals surface area contributed by atoms with Crippen molar-refractivity contribution in [2.24, 2.45) is 0 Å². The lowest BCUT2D eigenvalue weighted by Crippen LogP contribution is -2.22. The summed E-state index contributed by atoms with van der Waals surface area (Å²) in [6.45, 7) is 2.38. The van der Waals surface area contributed by atoms with Gasteiger partial charge < -0.3 is 19.5 Å². The highest BCUT2D eigenvalue weighted by Gasteiger charge is 2.12. The van der Waals surface area contributed by atoms with Crippen molar-refractivity contribution in [2.75, 3.05) is 26.1 Å². The van der Waals surface area contributed by atoms with Crippen LogP contribution in [0.15, 0.2) is 47.5 Å². The van der Waals surface area contributed by atoms with Gasteiger partial charge in [0, 0.05) is 24.7 Å². The maximum atomic E-state index is 12.8. The number of fused-ring (bicyclic) bond motifs is 1. The number of nitrogens with one attached hydrogen (secondary N) is 1. The molecule has 0 aliphatic rings. The summed E-state index contributed by atoms with van der Waals surface area (Å²) in [7, 11) is 3.02. The van der Waals surface area contributed by atoms with Crippen molar-refractivity contribution in [1.29, 1.82) is 0 Å². The van der Waals surface area contributed by atoms with E-state index in [9.17, 15) is 14.4 Å². The van der Waals surface area contributed by atoms with Gasteiger partial charge in [0.25, 0.3) is 5.56 Å². The number of nitrogens with zero attached hydrogens (tertiary/aromatic N) is 2. The van der Waals surface area contributed by atoms with Gasteiger partial charge in [-0.1, -0.05) is 0 Å². The summed E-state index contributed by atoms with van der Waals surface area (Å²) in [4.78, 5) is 41.0. The number of hydrogen-bond donors (Lipinski definition) is 1. The quantitative estimate of drug-likeness (QED) is 0.511. The molecule has 9 nitrogen and oxygen atoms in total. The summed E-state index contributed by atoms with van der Waals surface area (Å²) in [5.41, 5.74) is 1.29. The van der Waals surface area contributed by atoms with Gasteiger partial charge in [-0.25, -0.2) is 9.78 Å². The topological polar surface area (TPSA) is 109 Å². The molecule has 0 saturated heterocycles. The SMILES string of the molecule is CCOC(=O)c1ccc(NC(=O)CCCn2cnc3cc(OC)c(OC)cc3c2=O)cc1. The number of hydrogen-bond acceptors (Lipinski definition) is 7. The van der Waals surface area contributed by atoms with Crippen LogP contribution in [0.4, 0.5) is 5.69 Å². The Morgan fingerprint density at radius 2 is 1.75 bits per heavy atom. The molecular formula is C23H25N3O6. The highest BCUT2D eigenvalue weighted by atomic mass is 16.5. The van der Waals surface area contributed by atoms with Crippen molar-refractivity contribution in [3.63, 3.8) is 0 Å². The average molecular weight is 439 g/mol. The van der Waals surface area contributed by atoms with Crippen LogP contribution in [0.2, 0.25) is 0 Å². The standard InChI is InChI=1S/C23H25N3O6/c1-4-32-23(29)15-7-9-16(10-8-15)25-21(27)6-5-11-26-14-24-18-13-20(31-3)19(30-2)12-17(18)22(26)28/h7-10,12-14H,4-6,11H2,1-3H3,(H,25,27). The predicted molar refractivity (Wildman–Crippen MR) is 119 cm³/mol. The molecule has 2 aromatic carbocycles. The summed E-state index contributed by atoms with van der Waals surface area (Å²) in [6.07, 6.45) is 2.13. The van der Waals surface area contributed by atoms with E-state index in [-0.39, 0.29) is 17.9 Å². The molecule has 0 saturated carbocycles. The van der Waals surface area contributed by atoms with Gasteiger partial charge in [0.2, 0.25) is 5.91 Å². The summed E-state index contributed by atoms with van der Waals surface area (Å²) in [6, 6.07) is 9.73. The molecular weight excluding hydrogens is 414 g/mol. The highest BCUT2D eigenvalue weighted by Crippen LogP contribution is 2.29. The van der Waals surface area contributed by atoms with Crippen LogP contribution in [0.3, 0.4) is 0 Å². The normalized spacial score (nSPS) is 10.6. The molecule has 0 unspecified atom stereocenters. The minimum atomic E-state index is -0.407. The Labute approximate surface area is 184 Å². The maximum absolute atomic E-state index is 12.8. The summed E-state index contributed by atoms with van der Waals surface area (Å²) in [5, 5.41) is 3.19. The Morgan fingerprint density at radius 3 is 2.41 bits per heavy atom. The van der Waals surface area contributed by atoms with Crippen molar-refractivity contribution < 1.29 is 23.8 Å². The third-order valence-electron chi connectivity index (χ3n) is 4.81. The molecule has 1 N–H and O–H groups in total. The van der Waals surface area contributed by atoms with Crippen LogP contribution >= 0.6 is 0 Å². The molecule has 168 valence electrons. The molecule has 32 heavy (non-hydrogen) atoms. The number of aryl methyl sites for hydroxylation is 1. The second-order valence-corrected chi connectivity index (χ2v) is 6.92. The molecule has 1 heterocycles. The number of carbonyl (C=O) groups is 2. The fraction of sp³-hybridized carbons (Fsp3) is 0.304. The van der Waals surface area contributed by atoms with Gasteiger partial charge in [0.05, 0.1) is 43.6 Å². The third kappa shape index (κ3) is 5.23. The summed E-state index contributed by atoms with van der Waals surface area (Å²) in [5.74, 6) is 0.347. The van der Waals surface area contributed by atoms with Crippen molar-refractivity contribution in [3.8, 4) is 11.5 Å². The van der Waals surface area contributed by atoms with E-state index >= 15 is 0 Å². The predicted octanol–water partition coefficient (Wildman–Crippen LogP) is 3.01. The Morgan fingerprint density at radius 1 is 1.06 bits per heavy atom. The number of aromatic nitrogens is 2. The van der Waals surface area contributed by atoms with E-state index in [0.717, 1.165) is 0 Å². The number of amides is 1. The number of rotatable bonds is 9. The molecule has 0 fully saturated rings. The van der Waals surface area contributed by atoms with Gasteiger partial charge in [-0.15, -0.1) is 0 Å². The summed E-state index contributed by atoms with van der Waals surface area (Å²) >= 11 is 0. The first-order valence-electron chi connectivity index (χ1n) is 10.1. The van der Waals surface area contributed by atoms with Crippen LogP contribution in [-0.2, 0) is 16.1 Å². The lowest BCUT2D eigenvalue weighted by atomic mass is 10.2. The Hall–Kier alpha value is -3.88. The zero-order chi connectivity index (χ0) is 23.1. The van der Waals surface area contributed by atoms with Gasteiger partial charge in [-0.2, -0.15) is 0 Å². The first-order valence-corrected chi connectivity index (χ1v) is 10.1. The second kappa shape index (κ2) is 10.4. The van der Waals surface area contributed by atoms with Crippen LogP contribution in [0, 0.1) is 0 Å². The number of methoxy groups -OCH3 is 2. The van der Waals surface area contributed by atoms with E-state index in [2.05, 4.69) is 10.3 Å². The Kier molecular flexibility index (Phi) is 7.43. The minimum absolute atomic E-state index is 0.193. The van der Waals surface area contributed by atoms with Gasteiger partial charge in [0.1, 0.15) is 0 Å². The smallest absolute Gasteiger partial charge is 0.338 e. The number of benzene rings is 2. The van der Waals surface area contributed by atoms with Crippen LogP contribution in [0.25, 0.3) is 10.9 Å². The molecule has 3 rings (SSSR count). The van der Waals surface area contributed by atoms with Crippen LogP contribution in [-0.4, -0.2) is 42.3 Å². The molecule has 9 heteroatoms. The molecule has 3 aromatic rings. The molecule has 0 atom stereocenters. The van der Waals surface area contributed by atoms with Crippen molar-refractivity contribution in [2.45, 2.75) is 26.3 Å². The van der Waals surface area contributed by atoms with E-state index in [0.29, 0.717) is 53.2 Å². The van der Waals surface area contributed by atoms with Crippen molar-refractivity contribution in [1.82, 2.24) is 9.55 Å². The molecule has 0 bridgehead atoms. The third-order valence-corrected chi connectivity index (χ3v) is 4.81. The molecule has 0 spiro atoms. The molecule has 0 aliphatic heterocycles. The fourth-order valence-electron chi connectivity index (χ4n) is 3.18. The van der Waals surface area contributed by atoms with Crippen molar-refractivity contribution in [3.05, 3.63) is 58.6 Å². The maximum Gasteiger partial charge on any atom is 0.338 e. The van der Waals surface area contributed by atoms with Crippen LogP contribution in [0.1, 0.15) is 30.1 Å². The largest absolute Gasteiger partial charge is 0.493 e. The van der Waals surface area contributed by atoms with Crippen molar-refractivity contribution >= 4 is 28.5 Å². The number of ether oxygens (including phenoxy) is 3. The van der Waals surface area contributed by atoms with E-state index in [1.54, 1.807) is 43.3 Å². The van der Waals surface area contributed by atoms with Gasteiger partial charge in [-0.3, -0.25) is 14.2 Å². The lowest BCUT2D eigenvalue weighted by Gasteiger charge is -2.11.